The van der Waals surface area contributed by atoms with Gasteiger partial charge >= 0.3 is 6.36 Å². The number of halogens is 3. The van der Waals surface area contributed by atoms with E-state index >= 15 is 0 Å². The summed E-state index contributed by atoms with van der Waals surface area (Å²) in [6, 6.07) is 7.68. The van der Waals surface area contributed by atoms with Crippen LogP contribution in [0.1, 0.15) is 30.5 Å². The van der Waals surface area contributed by atoms with Gasteiger partial charge in [-0.2, -0.15) is 0 Å². The number of carbonyl (C=O) groups excluding carboxylic acids is 1. The number of anilines is 2. The number of nitrogens with zero attached hydrogens (tertiary/aromatic N) is 1. The van der Waals surface area contributed by atoms with Gasteiger partial charge in [-0.3, -0.25) is 14.9 Å². The number of hydrogen-bond acceptors (Lipinski definition) is 5. The monoisotopic (exact) mass is 395 g/mol. The molecule has 0 fully saturated rings. The number of ether oxygens (including phenoxy) is 1. The Morgan fingerprint density at radius 2 is 1.89 bits per heavy atom. The first-order valence-corrected chi connectivity index (χ1v) is 8.36. The number of aryl methyl sites for hydroxylation is 1. The molecule has 0 saturated carbocycles. The zero-order valence-corrected chi connectivity index (χ0v) is 14.7. The van der Waals surface area contributed by atoms with Crippen molar-refractivity contribution >= 4 is 23.0 Å². The van der Waals surface area contributed by atoms with Gasteiger partial charge in [-0.15, -0.1) is 13.2 Å². The molecule has 2 N–H and O–H groups in total. The van der Waals surface area contributed by atoms with E-state index in [4.69, 9.17) is 0 Å². The maximum Gasteiger partial charge on any atom is 0.573 e. The molecule has 0 saturated heterocycles. The Morgan fingerprint density at radius 1 is 1.21 bits per heavy atom. The van der Waals surface area contributed by atoms with Gasteiger partial charge in [-0.1, -0.05) is 12.1 Å². The van der Waals surface area contributed by atoms with Crippen LogP contribution in [0.25, 0.3) is 0 Å². The molecule has 10 heteroatoms. The maximum absolute atomic E-state index is 12.2. The zero-order valence-electron chi connectivity index (χ0n) is 14.7. The van der Waals surface area contributed by atoms with Gasteiger partial charge in [0.2, 0.25) is 5.91 Å². The molecule has 7 nitrogen and oxygen atoms in total. The van der Waals surface area contributed by atoms with Crippen LogP contribution in [0.3, 0.4) is 0 Å². The van der Waals surface area contributed by atoms with Gasteiger partial charge in [0.15, 0.2) is 0 Å². The lowest BCUT2D eigenvalue weighted by Crippen LogP contribution is -2.20. The standard InChI is InChI=1S/C18H16F3N3O4/c1-10(11-2-5-13(6-3-11)28-18(19,20)21)22-15-9-14-12(4-7-17(25)23-14)8-16(15)24(26)27/h2-3,5-6,8-10,22H,4,7H2,1H3,(H,23,25)/t10-/m0/s1. The predicted molar refractivity (Wildman–Crippen MR) is 95.2 cm³/mol. The minimum absolute atomic E-state index is 0.140. The van der Waals surface area contributed by atoms with Gasteiger partial charge in [-0.05, 0) is 42.7 Å². The van der Waals surface area contributed by atoms with Gasteiger partial charge in [-0.25, -0.2) is 0 Å². The Morgan fingerprint density at radius 3 is 2.50 bits per heavy atom. The highest BCUT2D eigenvalue weighted by Gasteiger charge is 2.31. The van der Waals surface area contributed by atoms with Crippen molar-refractivity contribution < 1.29 is 27.6 Å². The summed E-state index contributed by atoms with van der Waals surface area (Å²) in [6.07, 6.45) is -4.10. The van der Waals surface area contributed by atoms with E-state index in [1.165, 1.54) is 36.4 Å². The summed E-state index contributed by atoms with van der Waals surface area (Å²) >= 11 is 0. The van der Waals surface area contributed by atoms with E-state index in [1.807, 2.05) is 0 Å². The van der Waals surface area contributed by atoms with Crippen LogP contribution in [-0.2, 0) is 11.2 Å². The number of nitrogens with one attached hydrogen (secondary N) is 2. The molecule has 1 atom stereocenters. The summed E-state index contributed by atoms with van der Waals surface area (Å²) in [5.41, 5.74) is 1.85. The number of amides is 1. The molecule has 3 rings (SSSR count). The van der Waals surface area contributed by atoms with Crippen LogP contribution in [0.5, 0.6) is 5.75 Å². The summed E-state index contributed by atoms with van der Waals surface area (Å²) in [6.45, 7) is 1.71. The van der Waals surface area contributed by atoms with Crippen LogP contribution < -0.4 is 15.4 Å². The average Bonchev–Trinajstić information content (AvgIpc) is 2.60. The molecule has 0 radical (unpaired) electrons. The van der Waals surface area contributed by atoms with Crippen molar-refractivity contribution in [2.45, 2.75) is 32.2 Å². The van der Waals surface area contributed by atoms with Gasteiger partial charge in [0, 0.05) is 24.2 Å². The highest BCUT2D eigenvalue weighted by molar-refractivity contribution is 5.95. The fourth-order valence-corrected chi connectivity index (χ4v) is 2.96. The molecule has 2 aromatic rings. The minimum Gasteiger partial charge on any atom is -0.406 e. The first-order chi connectivity index (χ1) is 13.1. The number of nitro benzene ring substituents is 1. The fourth-order valence-electron chi connectivity index (χ4n) is 2.96. The van der Waals surface area contributed by atoms with E-state index in [0.717, 1.165) is 0 Å². The number of rotatable bonds is 5. The number of nitro groups is 1. The molecule has 148 valence electrons. The van der Waals surface area contributed by atoms with E-state index < -0.39 is 17.3 Å². The third-order valence-electron chi connectivity index (χ3n) is 4.30. The molecule has 0 spiro atoms. The summed E-state index contributed by atoms with van der Waals surface area (Å²) < 4.78 is 40.6. The van der Waals surface area contributed by atoms with Crippen molar-refractivity contribution in [2.24, 2.45) is 0 Å². The van der Waals surface area contributed by atoms with Crippen LogP contribution in [0.2, 0.25) is 0 Å². The number of carbonyl (C=O) groups is 1. The first-order valence-electron chi connectivity index (χ1n) is 8.36. The summed E-state index contributed by atoms with van der Waals surface area (Å²) in [5.74, 6) is -0.522. The van der Waals surface area contributed by atoms with Crippen molar-refractivity contribution in [1.82, 2.24) is 0 Å². The quantitative estimate of drug-likeness (QED) is 0.572. The van der Waals surface area contributed by atoms with Crippen molar-refractivity contribution in [1.29, 1.82) is 0 Å². The molecule has 28 heavy (non-hydrogen) atoms. The van der Waals surface area contributed by atoms with Gasteiger partial charge in [0.05, 0.1) is 4.92 Å². The lowest BCUT2D eigenvalue weighted by atomic mass is 10.0. The normalized spacial score (nSPS) is 14.6. The molecule has 1 aliphatic heterocycles. The van der Waals surface area contributed by atoms with Crippen LogP contribution in [-0.4, -0.2) is 17.2 Å². The van der Waals surface area contributed by atoms with E-state index in [-0.39, 0.29) is 29.5 Å². The van der Waals surface area contributed by atoms with E-state index in [2.05, 4.69) is 15.4 Å². The van der Waals surface area contributed by atoms with Gasteiger partial charge < -0.3 is 15.4 Å². The van der Waals surface area contributed by atoms with E-state index in [1.54, 1.807) is 6.92 Å². The lowest BCUT2D eigenvalue weighted by Gasteiger charge is -2.21. The Hall–Kier alpha value is -3.30. The Balaban J connectivity index is 1.83. The van der Waals surface area contributed by atoms with E-state index in [9.17, 15) is 28.1 Å². The van der Waals surface area contributed by atoms with Crippen molar-refractivity contribution in [2.75, 3.05) is 10.6 Å². The Labute approximate surface area is 157 Å². The minimum atomic E-state index is -4.78. The number of benzene rings is 2. The zero-order chi connectivity index (χ0) is 20.5. The summed E-state index contributed by atoms with van der Waals surface area (Å²) in [4.78, 5) is 22.5. The molecule has 0 unspecified atom stereocenters. The fraction of sp³-hybridized carbons (Fsp3) is 0.278. The molecule has 0 aliphatic carbocycles. The second kappa shape index (κ2) is 7.37. The SMILES string of the molecule is C[C@H](Nc1cc2c(cc1[N+](=O)[O-])CCC(=O)N2)c1ccc(OC(F)(F)F)cc1. The van der Waals surface area contributed by atoms with Crippen LogP contribution in [0.4, 0.5) is 30.2 Å². The largest absolute Gasteiger partial charge is 0.573 e. The molecular weight excluding hydrogens is 379 g/mol. The highest BCUT2D eigenvalue weighted by atomic mass is 19.4. The molecule has 2 aromatic carbocycles. The number of hydrogen-bond donors (Lipinski definition) is 2. The molecular formula is C18H16F3N3O4. The highest BCUT2D eigenvalue weighted by Crippen LogP contribution is 2.36. The molecule has 1 amide bonds. The second-order valence-corrected chi connectivity index (χ2v) is 6.31. The molecule has 1 aliphatic rings. The average molecular weight is 395 g/mol. The third-order valence-corrected chi connectivity index (χ3v) is 4.30. The van der Waals surface area contributed by atoms with Crippen LogP contribution in [0, 0.1) is 10.1 Å². The van der Waals surface area contributed by atoms with Crippen molar-refractivity contribution in [3.63, 3.8) is 0 Å². The summed E-state index contributed by atoms with van der Waals surface area (Å²) in [7, 11) is 0. The van der Waals surface area contributed by atoms with Gasteiger partial charge in [0.25, 0.3) is 5.69 Å². The number of fused-ring (bicyclic) bond motifs is 1. The van der Waals surface area contributed by atoms with Crippen LogP contribution in [0.15, 0.2) is 36.4 Å². The lowest BCUT2D eigenvalue weighted by molar-refractivity contribution is -0.384. The third kappa shape index (κ3) is 4.51. The Kier molecular flexibility index (Phi) is 5.12. The van der Waals surface area contributed by atoms with Crippen LogP contribution >= 0.6 is 0 Å². The van der Waals surface area contributed by atoms with Gasteiger partial charge in [0.1, 0.15) is 11.4 Å². The number of alkyl halides is 3. The van der Waals surface area contributed by atoms with E-state index in [0.29, 0.717) is 23.2 Å². The van der Waals surface area contributed by atoms with Crippen molar-refractivity contribution in [3.05, 3.63) is 57.6 Å². The second-order valence-electron chi connectivity index (χ2n) is 6.31. The Bertz CT molecular complexity index is 914. The summed E-state index contributed by atoms with van der Waals surface area (Å²) in [5, 5.41) is 17.1. The molecule has 0 bridgehead atoms. The molecule has 1 heterocycles. The van der Waals surface area contributed by atoms with Crippen molar-refractivity contribution in [3.8, 4) is 5.75 Å². The maximum atomic E-state index is 12.2. The smallest absolute Gasteiger partial charge is 0.406 e. The molecule has 0 aromatic heterocycles. The topological polar surface area (TPSA) is 93.5 Å². The first kappa shape index (κ1) is 19.5. The predicted octanol–water partition coefficient (Wildman–Crippen LogP) is 4.55.